The first-order valence-electron chi connectivity index (χ1n) is 9.91. The number of nitrogens with one attached hydrogen (secondary N) is 1. The normalized spacial score (nSPS) is 14.7. The number of carbonyl (C=O) groups excluding carboxylic acids is 2. The van der Waals surface area contributed by atoms with Crippen LogP contribution in [0.15, 0.2) is 29.4 Å². The highest BCUT2D eigenvalue weighted by atomic mass is 35.5. The van der Waals surface area contributed by atoms with Crippen LogP contribution in [0.2, 0.25) is 5.02 Å². The van der Waals surface area contributed by atoms with Gasteiger partial charge < -0.3 is 14.8 Å². The van der Waals surface area contributed by atoms with Crippen molar-refractivity contribution in [2.75, 3.05) is 12.3 Å². The van der Waals surface area contributed by atoms with Gasteiger partial charge in [0.1, 0.15) is 0 Å². The Balaban J connectivity index is 1.55. The maximum Gasteiger partial charge on any atom is 0.230 e. The second-order valence-electron chi connectivity index (χ2n) is 6.93. The van der Waals surface area contributed by atoms with E-state index < -0.39 is 0 Å². The third kappa shape index (κ3) is 5.96. The first-order chi connectivity index (χ1) is 14.1. The molecule has 2 heterocycles. The van der Waals surface area contributed by atoms with E-state index in [1.165, 1.54) is 11.8 Å². The van der Waals surface area contributed by atoms with Gasteiger partial charge in [-0.05, 0) is 31.4 Å². The summed E-state index contributed by atoms with van der Waals surface area (Å²) in [6, 6.07) is 7.44. The molecule has 0 saturated carbocycles. The average Bonchev–Trinajstić information content (AvgIpc) is 2.99. The van der Waals surface area contributed by atoms with Crippen molar-refractivity contribution >= 4 is 35.2 Å². The summed E-state index contributed by atoms with van der Waals surface area (Å²) in [7, 11) is 0. The summed E-state index contributed by atoms with van der Waals surface area (Å²) >= 11 is 7.47. The summed E-state index contributed by atoms with van der Waals surface area (Å²) in [6.45, 7) is 4.33. The van der Waals surface area contributed by atoms with Gasteiger partial charge >= 0.3 is 0 Å². The van der Waals surface area contributed by atoms with Crippen LogP contribution in [-0.2, 0) is 29.2 Å². The molecule has 0 radical (unpaired) electrons. The molecule has 0 unspecified atom stereocenters. The van der Waals surface area contributed by atoms with Gasteiger partial charge in [0, 0.05) is 31.1 Å². The van der Waals surface area contributed by atoms with Crippen LogP contribution in [0, 0.1) is 0 Å². The first kappa shape index (κ1) is 21.6. The Morgan fingerprint density at radius 2 is 2.07 bits per heavy atom. The molecule has 29 heavy (non-hydrogen) atoms. The standard InChI is InChI=1S/C20H26ClN5O2S/c1-2-26-17(13-25-11-7-3-4-10-19(25)28)23-24-20(26)29-14-18(27)22-12-15-8-5-6-9-16(15)21/h5-6,8-9H,2-4,7,10-14H2,1H3,(H,22,27). The SMILES string of the molecule is CCn1c(CN2CCCCCC2=O)nnc1SCC(=O)NCc1ccccc1Cl. The van der Waals surface area contributed by atoms with Gasteiger partial charge in [0.25, 0.3) is 0 Å². The molecule has 0 atom stereocenters. The number of halogens is 1. The number of carbonyl (C=O) groups is 2. The van der Waals surface area contributed by atoms with Crippen molar-refractivity contribution in [3.05, 3.63) is 40.7 Å². The van der Waals surface area contributed by atoms with E-state index in [0.717, 1.165) is 37.2 Å². The number of hydrogen-bond donors (Lipinski definition) is 1. The maximum absolute atomic E-state index is 12.3. The monoisotopic (exact) mass is 435 g/mol. The van der Waals surface area contributed by atoms with Crippen LogP contribution in [0.4, 0.5) is 0 Å². The van der Waals surface area contributed by atoms with Gasteiger partial charge in [-0.25, -0.2) is 0 Å². The van der Waals surface area contributed by atoms with Crippen LogP contribution in [0.3, 0.4) is 0 Å². The first-order valence-corrected chi connectivity index (χ1v) is 11.3. The van der Waals surface area contributed by atoms with Crippen molar-refractivity contribution in [1.29, 1.82) is 0 Å². The van der Waals surface area contributed by atoms with Gasteiger partial charge in [-0.3, -0.25) is 9.59 Å². The molecule has 0 bridgehead atoms. The molecule has 9 heteroatoms. The van der Waals surface area contributed by atoms with E-state index in [1.807, 2.05) is 34.6 Å². The number of hydrogen-bond acceptors (Lipinski definition) is 5. The predicted molar refractivity (Wildman–Crippen MR) is 114 cm³/mol. The highest BCUT2D eigenvalue weighted by Crippen LogP contribution is 2.20. The van der Waals surface area contributed by atoms with E-state index in [4.69, 9.17) is 11.6 Å². The molecule has 1 saturated heterocycles. The molecule has 156 valence electrons. The molecule has 1 aromatic carbocycles. The number of likely N-dealkylation sites (tertiary alicyclic amines) is 1. The fourth-order valence-electron chi connectivity index (χ4n) is 3.25. The van der Waals surface area contributed by atoms with Crippen LogP contribution in [0.1, 0.15) is 44.0 Å². The molecule has 2 amide bonds. The zero-order valence-electron chi connectivity index (χ0n) is 16.6. The Morgan fingerprint density at radius 3 is 2.86 bits per heavy atom. The second-order valence-corrected chi connectivity index (χ2v) is 8.28. The zero-order valence-corrected chi connectivity index (χ0v) is 18.1. The van der Waals surface area contributed by atoms with Gasteiger partial charge in [0.05, 0.1) is 12.3 Å². The fourth-order valence-corrected chi connectivity index (χ4v) is 4.31. The fraction of sp³-hybridized carbons (Fsp3) is 0.500. The van der Waals surface area contributed by atoms with E-state index in [2.05, 4.69) is 15.5 Å². The van der Waals surface area contributed by atoms with E-state index >= 15 is 0 Å². The Hall–Kier alpha value is -2.06. The summed E-state index contributed by atoms with van der Waals surface area (Å²) < 4.78 is 1.98. The lowest BCUT2D eigenvalue weighted by Crippen LogP contribution is -2.31. The molecule has 1 fully saturated rings. The summed E-state index contributed by atoms with van der Waals surface area (Å²) in [6.07, 6.45) is 3.68. The number of aromatic nitrogens is 3. The van der Waals surface area contributed by atoms with Gasteiger partial charge in [-0.15, -0.1) is 10.2 Å². The molecule has 7 nitrogen and oxygen atoms in total. The smallest absolute Gasteiger partial charge is 0.230 e. The van der Waals surface area contributed by atoms with Crippen LogP contribution >= 0.6 is 23.4 Å². The molecule has 2 aromatic rings. The van der Waals surface area contributed by atoms with Gasteiger partial charge in [-0.1, -0.05) is 48.0 Å². The van der Waals surface area contributed by atoms with Crippen molar-refractivity contribution < 1.29 is 9.59 Å². The molecule has 1 aliphatic heterocycles. The summed E-state index contributed by atoms with van der Waals surface area (Å²) in [5.41, 5.74) is 0.883. The van der Waals surface area contributed by atoms with Crippen molar-refractivity contribution in [3.63, 3.8) is 0 Å². The van der Waals surface area contributed by atoms with Gasteiger partial charge in [-0.2, -0.15) is 0 Å². The number of thioether (sulfide) groups is 1. The van der Waals surface area contributed by atoms with Crippen LogP contribution in [0.25, 0.3) is 0 Å². The topological polar surface area (TPSA) is 80.1 Å². The van der Waals surface area contributed by atoms with Crippen LogP contribution < -0.4 is 5.32 Å². The second kappa shape index (κ2) is 10.6. The maximum atomic E-state index is 12.3. The van der Waals surface area contributed by atoms with Crippen LogP contribution in [-0.4, -0.2) is 43.8 Å². The van der Waals surface area contributed by atoms with Gasteiger partial charge in [0.15, 0.2) is 11.0 Å². The lowest BCUT2D eigenvalue weighted by atomic mass is 10.2. The highest BCUT2D eigenvalue weighted by Gasteiger charge is 2.21. The van der Waals surface area contributed by atoms with Crippen LogP contribution in [0.5, 0.6) is 0 Å². The third-order valence-corrected chi connectivity index (χ3v) is 6.22. The highest BCUT2D eigenvalue weighted by molar-refractivity contribution is 7.99. The van der Waals surface area contributed by atoms with Crippen molar-refractivity contribution in [2.45, 2.75) is 57.4 Å². The molecule has 0 aliphatic carbocycles. The summed E-state index contributed by atoms with van der Waals surface area (Å²) in [5.74, 6) is 1.10. The van der Waals surface area contributed by atoms with E-state index in [1.54, 1.807) is 6.07 Å². The van der Waals surface area contributed by atoms with Crippen molar-refractivity contribution in [3.8, 4) is 0 Å². The largest absolute Gasteiger partial charge is 0.351 e. The number of amides is 2. The Morgan fingerprint density at radius 1 is 1.24 bits per heavy atom. The van der Waals surface area contributed by atoms with Crippen molar-refractivity contribution in [1.82, 2.24) is 25.0 Å². The minimum atomic E-state index is -0.0928. The molecule has 3 rings (SSSR count). The number of nitrogens with zero attached hydrogens (tertiary/aromatic N) is 4. The molecule has 0 spiro atoms. The minimum absolute atomic E-state index is 0.0928. The van der Waals surface area contributed by atoms with E-state index in [0.29, 0.717) is 36.2 Å². The minimum Gasteiger partial charge on any atom is -0.351 e. The van der Waals surface area contributed by atoms with E-state index in [9.17, 15) is 9.59 Å². The quantitative estimate of drug-likeness (QED) is 0.643. The number of benzene rings is 1. The molecule has 1 aromatic heterocycles. The molecule has 1 N–H and O–H groups in total. The van der Waals surface area contributed by atoms with Crippen molar-refractivity contribution in [2.24, 2.45) is 0 Å². The predicted octanol–water partition coefficient (Wildman–Crippen LogP) is 3.26. The Kier molecular flexibility index (Phi) is 7.94. The molecule has 1 aliphatic rings. The lowest BCUT2D eigenvalue weighted by molar-refractivity contribution is -0.131. The third-order valence-electron chi connectivity index (χ3n) is 4.88. The molecular weight excluding hydrogens is 410 g/mol. The summed E-state index contributed by atoms with van der Waals surface area (Å²) in [5, 5.41) is 12.7. The molecular formula is C20H26ClN5O2S. The Labute approximate surface area is 180 Å². The lowest BCUT2D eigenvalue weighted by Gasteiger charge is -2.20. The summed E-state index contributed by atoms with van der Waals surface area (Å²) in [4.78, 5) is 26.3. The average molecular weight is 436 g/mol. The zero-order chi connectivity index (χ0) is 20.6. The number of rotatable bonds is 8. The van der Waals surface area contributed by atoms with Gasteiger partial charge in [0.2, 0.25) is 11.8 Å². The Bertz CT molecular complexity index is 857. The van der Waals surface area contributed by atoms with E-state index in [-0.39, 0.29) is 17.6 Å².